The first-order valence-electron chi connectivity index (χ1n) is 1.67. The van der Waals surface area contributed by atoms with Crippen molar-refractivity contribution in [2.45, 2.75) is 0 Å². The third-order valence-corrected chi connectivity index (χ3v) is 0. The van der Waals surface area contributed by atoms with Gasteiger partial charge in [-0.1, -0.05) is 0 Å². The molecule has 0 saturated carbocycles. The van der Waals surface area contributed by atoms with Crippen LogP contribution in [0.5, 0.6) is 0 Å². The molecule has 0 bridgehead atoms. The molecule has 0 aliphatic rings. The average molecular weight is 320 g/mol. The fraction of sp³-hybridized carbons (Fsp3) is 0. The van der Waals surface area contributed by atoms with Crippen molar-refractivity contribution in [2.24, 2.45) is 0 Å². The number of rotatable bonds is 0. The maximum Gasteiger partial charge on any atom is 3.00 e. The van der Waals surface area contributed by atoms with Gasteiger partial charge in [-0.3, -0.25) is 0 Å². The van der Waals surface area contributed by atoms with Crippen LogP contribution in [0.4, 0.5) is 0 Å². The molecule has 8 nitrogen and oxygen atoms in total. The van der Waals surface area contributed by atoms with Gasteiger partial charge in [-0.05, 0) is 0 Å². The molecule has 0 rings (SSSR count). The summed E-state index contributed by atoms with van der Waals surface area (Å²) >= 11 is 0. The molecular formula is H2O8ScSi2Y. The molecule has 0 aliphatic carbocycles. The van der Waals surface area contributed by atoms with E-state index in [0.717, 1.165) is 0 Å². The zero-order valence-corrected chi connectivity index (χ0v) is 12.1. The van der Waals surface area contributed by atoms with E-state index in [2.05, 4.69) is 0 Å². The van der Waals surface area contributed by atoms with Gasteiger partial charge in [0, 0.05) is 0 Å². The normalized spacial score (nSPS) is 10.0. The van der Waals surface area contributed by atoms with Crippen LogP contribution in [-0.4, -0.2) is 27.7 Å². The van der Waals surface area contributed by atoms with Crippen LogP contribution in [-0.2, 0) is 58.6 Å². The maximum absolute atomic E-state index is 8.80. The van der Waals surface area contributed by atoms with Crippen LogP contribution in [0.2, 0.25) is 0 Å². The monoisotopic (exact) mass is 320 g/mol. The average Bonchev–Trinajstić information content (AvgIpc) is 1.12. The van der Waals surface area contributed by atoms with Gasteiger partial charge in [0.1, 0.15) is 9.05 Å². The van der Waals surface area contributed by atoms with Crippen molar-refractivity contribution in [3.05, 3.63) is 0 Å². The van der Waals surface area contributed by atoms with Crippen molar-refractivity contribution in [2.75, 3.05) is 0 Å². The van der Waals surface area contributed by atoms with Gasteiger partial charge < -0.3 is 47.4 Å². The molecule has 0 spiro atoms. The Morgan fingerprint density at radius 2 is 0.750 bits per heavy atom. The van der Waals surface area contributed by atoms with Crippen molar-refractivity contribution in [3.8, 4) is 0 Å². The van der Waals surface area contributed by atoms with E-state index in [-0.39, 0.29) is 58.6 Å². The number of hydrogen-bond donors (Lipinski definition) is 2. The van der Waals surface area contributed by atoms with Crippen LogP contribution >= 0.6 is 0 Å². The van der Waals surface area contributed by atoms with E-state index in [0.29, 0.717) is 0 Å². The van der Waals surface area contributed by atoms with Crippen LogP contribution in [0.3, 0.4) is 0 Å². The summed E-state index contributed by atoms with van der Waals surface area (Å²) in [4.78, 5) is 66.1. The van der Waals surface area contributed by atoms with E-state index < -0.39 is 18.1 Å². The third kappa shape index (κ3) is 341. The minimum Gasteiger partial charge on any atom is -0.894 e. The molecule has 64 valence electrons. The molecule has 12 heavy (non-hydrogen) atoms. The second kappa shape index (κ2) is 9.64. The van der Waals surface area contributed by atoms with Gasteiger partial charge in [-0.25, -0.2) is 0 Å². The molecule has 0 radical (unpaired) electrons. The molecule has 12 heteroatoms. The van der Waals surface area contributed by atoms with Gasteiger partial charge in [-0.15, -0.1) is 0 Å². The van der Waals surface area contributed by atoms with Gasteiger partial charge in [0.2, 0.25) is 0 Å². The number of hydrogen-bond acceptors (Lipinski definition) is 8. The molecular weight excluding hydrogens is 318 g/mol. The standard InChI is InChI=1S/H2O4Si.O4Si.Sc.Y/c2*1-5(2,3)4;;/h1-2H;;;/q-2;-4;2*+3. The Balaban J connectivity index is -0.0000000457. The van der Waals surface area contributed by atoms with Crippen molar-refractivity contribution < 1.29 is 96.9 Å². The third-order valence-electron chi connectivity index (χ3n) is 0. The zero-order chi connectivity index (χ0) is 9.00. The SMILES string of the molecule is [O-][Si]([O-])(O)O.[O-][Si]([O-])([O-])[O-].[Sc+3].[Y+3]. The first-order valence-corrected chi connectivity index (χ1v) is 5.02. The van der Waals surface area contributed by atoms with Gasteiger partial charge in [0.15, 0.2) is 0 Å². The van der Waals surface area contributed by atoms with Crippen molar-refractivity contribution >= 4 is 18.1 Å². The van der Waals surface area contributed by atoms with Gasteiger partial charge in [0.05, 0.1) is 0 Å². The first kappa shape index (κ1) is 23.7. The summed E-state index contributed by atoms with van der Waals surface area (Å²) < 4.78 is 0. The molecule has 0 saturated heterocycles. The summed E-state index contributed by atoms with van der Waals surface area (Å²) in [5.74, 6) is 0. The van der Waals surface area contributed by atoms with Gasteiger partial charge in [0.25, 0.3) is 0 Å². The van der Waals surface area contributed by atoms with E-state index in [9.17, 15) is 0 Å². The van der Waals surface area contributed by atoms with Crippen LogP contribution in [0, 0.1) is 0 Å². The second-order valence-electron chi connectivity index (χ2n) is 1.05. The van der Waals surface area contributed by atoms with E-state index in [1.165, 1.54) is 0 Å². The molecule has 0 atom stereocenters. The molecule has 0 unspecified atom stereocenters. The van der Waals surface area contributed by atoms with E-state index >= 15 is 0 Å². The summed E-state index contributed by atoms with van der Waals surface area (Å²) in [5, 5.41) is 0. The van der Waals surface area contributed by atoms with Crippen molar-refractivity contribution in [1.29, 1.82) is 0 Å². The Morgan fingerprint density at radius 1 is 0.750 bits per heavy atom. The Labute approximate surface area is 114 Å². The topological polar surface area (TPSA) is 179 Å². The van der Waals surface area contributed by atoms with E-state index in [4.69, 9.17) is 38.4 Å². The molecule has 0 aliphatic heterocycles. The molecule has 0 aromatic carbocycles. The second-order valence-corrected chi connectivity index (χ2v) is 3.15. The summed E-state index contributed by atoms with van der Waals surface area (Å²) in [6.45, 7) is 0. The maximum atomic E-state index is 8.80. The van der Waals surface area contributed by atoms with E-state index in [1.807, 2.05) is 0 Å². The van der Waals surface area contributed by atoms with E-state index in [1.54, 1.807) is 0 Å². The summed E-state index contributed by atoms with van der Waals surface area (Å²) in [7, 11) is -10.7. The minimum absolute atomic E-state index is 0. The molecule has 0 amide bonds. The summed E-state index contributed by atoms with van der Waals surface area (Å²) in [6, 6.07) is 0. The Hall–Kier alpha value is 2.09. The van der Waals surface area contributed by atoms with Crippen LogP contribution in [0.1, 0.15) is 0 Å². The first-order chi connectivity index (χ1) is 4.00. The van der Waals surface area contributed by atoms with Crippen LogP contribution in [0.15, 0.2) is 0 Å². The predicted octanol–water partition coefficient (Wildman–Crippen LogP) is -9.01. The van der Waals surface area contributed by atoms with Crippen LogP contribution in [0.25, 0.3) is 0 Å². The van der Waals surface area contributed by atoms with Crippen molar-refractivity contribution in [1.82, 2.24) is 0 Å². The zero-order valence-electron chi connectivity index (χ0n) is 5.50. The van der Waals surface area contributed by atoms with Gasteiger partial charge >= 0.3 is 58.6 Å². The Morgan fingerprint density at radius 3 is 0.750 bits per heavy atom. The largest absolute Gasteiger partial charge is 3.00 e. The molecule has 0 aromatic heterocycles. The predicted molar refractivity (Wildman–Crippen MR) is 15.9 cm³/mol. The Kier molecular flexibility index (Phi) is 19.0. The Bertz CT molecular complexity index is 60.0. The fourth-order valence-corrected chi connectivity index (χ4v) is 0. The van der Waals surface area contributed by atoms with Crippen LogP contribution < -0.4 is 28.8 Å². The van der Waals surface area contributed by atoms with Gasteiger partial charge in [-0.2, -0.15) is 0 Å². The molecule has 2 N–H and O–H groups in total. The summed E-state index contributed by atoms with van der Waals surface area (Å²) in [6.07, 6.45) is 0. The fourth-order valence-electron chi connectivity index (χ4n) is 0. The molecule has 0 fully saturated rings. The quantitative estimate of drug-likeness (QED) is 0.413. The minimum atomic E-state index is -5.61. The molecule has 0 aromatic rings. The smallest absolute Gasteiger partial charge is 0.894 e. The summed E-state index contributed by atoms with van der Waals surface area (Å²) in [5.41, 5.74) is 0. The van der Waals surface area contributed by atoms with Crippen molar-refractivity contribution in [3.63, 3.8) is 0 Å². The molecule has 0 heterocycles.